The summed E-state index contributed by atoms with van der Waals surface area (Å²) in [7, 11) is 0. The minimum atomic E-state index is -0.578. The second-order valence-corrected chi connectivity index (χ2v) is 7.59. The molecule has 3 aromatic rings. The zero-order chi connectivity index (χ0) is 21.3. The van der Waals surface area contributed by atoms with E-state index in [-0.39, 0.29) is 24.6 Å². The van der Waals surface area contributed by atoms with Gasteiger partial charge >= 0.3 is 0 Å². The molecule has 2 heterocycles. The fourth-order valence-electron chi connectivity index (χ4n) is 3.47. The van der Waals surface area contributed by atoms with Crippen molar-refractivity contribution in [2.24, 2.45) is 10.7 Å². The van der Waals surface area contributed by atoms with Crippen LogP contribution < -0.4 is 5.73 Å². The van der Waals surface area contributed by atoms with Crippen LogP contribution in [0.4, 0.5) is 0 Å². The number of amides is 3. The van der Waals surface area contributed by atoms with Gasteiger partial charge in [-0.2, -0.15) is 0 Å². The smallest absolute Gasteiger partial charge is 0.262 e. The van der Waals surface area contributed by atoms with Gasteiger partial charge in [0.25, 0.3) is 17.7 Å². The summed E-state index contributed by atoms with van der Waals surface area (Å²) in [5.41, 5.74) is 8.69. The van der Waals surface area contributed by atoms with Crippen molar-refractivity contribution in [3.8, 4) is 11.1 Å². The van der Waals surface area contributed by atoms with Gasteiger partial charge in [0.1, 0.15) is 0 Å². The van der Waals surface area contributed by atoms with Crippen LogP contribution in [0.3, 0.4) is 0 Å². The molecule has 7 nitrogen and oxygen atoms in total. The maximum Gasteiger partial charge on any atom is 0.262 e. The first-order chi connectivity index (χ1) is 14.5. The number of aliphatic imine (C=N–C) groups is 1. The summed E-state index contributed by atoms with van der Waals surface area (Å²) in [6.45, 7) is 0.332. The van der Waals surface area contributed by atoms with E-state index in [0.29, 0.717) is 21.6 Å². The van der Waals surface area contributed by atoms with Crippen LogP contribution in [0.2, 0.25) is 0 Å². The Labute approximate surface area is 175 Å². The number of nitrogens with zero attached hydrogens (tertiary/aromatic N) is 2. The second-order valence-electron chi connectivity index (χ2n) is 6.68. The molecule has 0 radical (unpaired) electrons. The van der Waals surface area contributed by atoms with E-state index in [9.17, 15) is 19.2 Å². The van der Waals surface area contributed by atoms with E-state index in [2.05, 4.69) is 4.99 Å². The first-order valence-corrected chi connectivity index (χ1v) is 9.87. The average molecular weight is 417 g/mol. The number of primary amides is 1. The predicted octanol–water partition coefficient (Wildman–Crippen LogP) is 3.15. The molecule has 4 rings (SSSR count). The fraction of sp³-hybridized carbons (Fsp3) is 0.0909. The van der Waals surface area contributed by atoms with Crippen molar-refractivity contribution in [1.82, 2.24) is 4.90 Å². The Morgan fingerprint density at radius 1 is 0.967 bits per heavy atom. The molecule has 8 heteroatoms. The lowest BCUT2D eigenvalue weighted by Crippen LogP contribution is -2.29. The van der Waals surface area contributed by atoms with Crippen molar-refractivity contribution in [3.63, 3.8) is 0 Å². The number of imide groups is 1. The van der Waals surface area contributed by atoms with Gasteiger partial charge in [0.2, 0.25) is 6.08 Å². The number of rotatable bonds is 6. The molecule has 2 N–H and O–H groups in total. The number of hydrogen-bond acceptors (Lipinski definition) is 6. The molecular weight excluding hydrogens is 402 g/mol. The molecule has 0 aliphatic carbocycles. The van der Waals surface area contributed by atoms with Crippen LogP contribution in [0.1, 0.15) is 41.5 Å². The molecule has 0 spiro atoms. The Kier molecular flexibility index (Phi) is 5.10. The largest absolute Gasteiger partial charge is 0.365 e. The highest BCUT2D eigenvalue weighted by Gasteiger charge is 2.38. The highest BCUT2D eigenvalue weighted by molar-refractivity contribution is 7.12. The molecule has 148 valence electrons. The Hall–Kier alpha value is -3.87. The van der Waals surface area contributed by atoms with Crippen LogP contribution in [-0.4, -0.2) is 28.7 Å². The first kappa shape index (κ1) is 19.4. The summed E-state index contributed by atoms with van der Waals surface area (Å²) in [5.74, 6) is -1.38. The van der Waals surface area contributed by atoms with E-state index >= 15 is 0 Å². The highest BCUT2D eigenvalue weighted by atomic mass is 32.1. The number of hydrogen-bond donors (Lipinski definition) is 1. The first-order valence-electron chi connectivity index (χ1n) is 8.99. The molecular formula is C22H15N3O4S. The minimum Gasteiger partial charge on any atom is -0.365 e. The molecule has 0 saturated carbocycles. The van der Waals surface area contributed by atoms with E-state index in [4.69, 9.17) is 5.73 Å². The monoisotopic (exact) mass is 417 g/mol. The molecule has 0 bridgehead atoms. The van der Waals surface area contributed by atoms with Crippen molar-refractivity contribution < 1.29 is 19.2 Å². The molecule has 1 aliphatic heterocycles. The molecule has 1 aliphatic rings. The van der Waals surface area contributed by atoms with Gasteiger partial charge in [-0.25, -0.2) is 9.79 Å². The fourth-order valence-corrected chi connectivity index (χ4v) is 4.23. The number of thiophene rings is 1. The molecule has 0 unspecified atom stereocenters. The molecule has 0 atom stereocenters. The number of isocyanates is 1. The SMILES string of the molecule is NC(=O)c1sccc1-c1cccc2c1C(=O)N(Cc1ccc(CN=C=O)cc1)C2=O. The lowest BCUT2D eigenvalue weighted by atomic mass is 9.97. The van der Waals surface area contributed by atoms with Gasteiger partial charge in [-0.15, -0.1) is 11.3 Å². The van der Waals surface area contributed by atoms with Gasteiger partial charge in [-0.3, -0.25) is 19.3 Å². The van der Waals surface area contributed by atoms with Crippen molar-refractivity contribution in [2.45, 2.75) is 13.1 Å². The minimum absolute atomic E-state index is 0.106. The number of fused-ring (bicyclic) bond motifs is 1. The summed E-state index contributed by atoms with van der Waals surface area (Å²) in [5, 5.41) is 1.73. The normalized spacial score (nSPS) is 12.6. The van der Waals surface area contributed by atoms with E-state index in [1.165, 1.54) is 22.3 Å². The van der Waals surface area contributed by atoms with E-state index in [1.54, 1.807) is 53.9 Å². The zero-order valence-corrected chi connectivity index (χ0v) is 16.4. The predicted molar refractivity (Wildman–Crippen MR) is 111 cm³/mol. The lowest BCUT2D eigenvalue weighted by molar-refractivity contribution is 0.0642. The third kappa shape index (κ3) is 3.34. The number of carbonyl (C=O) groups excluding carboxylic acids is 4. The summed E-state index contributed by atoms with van der Waals surface area (Å²) in [6, 6.07) is 13.9. The summed E-state index contributed by atoms with van der Waals surface area (Å²) < 4.78 is 0. The van der Waals surface area contributed by atoms with Crippen molar-refractivity contribution in [1.29, 1.82) is 0 Å². The van der Waals surface area contributed by atoms with E-state index < -0.39 is 11.8 Å². The zero-order valence-electron chi connectivity index (χ0n) is 15.6. The Morgan fingerprint density at radius 3 is 2.37 bits per heavy atom. The van der Waals surface area contributed by atoms with Crippen LogP contribution in [0.15, 0.2) is 58.9 Å². The summed E-state index contributed by atoms with van der Waals surface area (Å²) in [4.78, 5) is 53.1. The van der Waals surface area contributed by atoms with Gasteiger partial charge in [0.05, 0.1) is 29.1 Å². The third-order valence-electron chi connectivity index (χ3n) is 4.87. The van der Waals surface area contributed by atoms with Gasteiger partial charge in [-0.1, -0.05) is 36.4 Å². The second kappa shape index (κ2) is 7.87. The maximum atomic E-state index is 13.2. The Balaban J connectivity index is 1.66. The van der Waals surface area contributed by atoms with Crippen LogP contribution in [0.5, 0.6) is 0 Å². The molecule has 1 aromatic heterocycles. The van der Waals surface area contributed by atoms with Crippen LogP contribution in [0.25, 0.3) is 11.1 Å². The van der Waals surface area contributed by atoms with Gasteiger partial charge in [0.15, 0.2) is 0 Å². The highest BCUT2D eigenvalue weighted by Crippen LogP contribution is 2.36. The molecule has 30 heavy (non-hydrogen) atoms. The lowest BCUT2D eigenvalue weighted by Gasteiger charge is -2.14. The maximum absolute atomic E-state index is 13.2. The standard InChI is InChI=1S/C22H15N3O4S/c23-20(27)19-16(8-9-30-19)15-2-1-3-17-18(15)22(29)25(21(17)28)11-14-6-4-13(5-7-14)10-24-12-26/h1-9H,10-11H2,(H2,23,27). The van der Waals surface area contributed by atoms with Crippen LogP contribution in [-0.2, 0) is 17.9 Å². The average Bonchev–Trinajstić information content (AvgIpc) is 3.33. The number of benzene rings is 2. The topological polar surface area (TPSA) is 110 Å². The Bertz CT molecular complexity index is 1220. The van der Waals surface area contributed by atoms with E-state index in [0.717, 1.165) is 11.1 Å². The van der Waals surface area contributed by atoms with Gasteiger partial charge in [-0.05, 0) is 34.2 Å². The summed E-state index contributed by atoms with van der Waals surface area (Å²) in [6.07, 6.45) is 1.49. The van der Waals surface area contributed by atoms with Crippen molar-refractivity contribution in [3.05, 3.63) is 81.0 Å². The number of nitrogens with two attached hydrogens (primary N) is 1. The van der Waals surface area contributed by atoms with Crippen molar-refractivity contribution in [2.75, 3.05) is 0 Å². The van der Waals surface area contributed by atoms with Gasteiger partial charge < -0.3 is 5.73 Å². The third-order valence-corrected chi connectivity index (χ3v) is 5.80. The van der Waals surface area contributed by atoms with Crippen LogP contribution in [0, 0.1) is 0 Å². The van der Waals surface area contributed by atoms with Crippen molar-refractivity contribution >= 4 is 35.1 Å². The quantitative estimate of drug-likeness (QED) is 0.377. The molecule has 2 aromatic carbocycles. The van der Waals surface area contributed by atoms with E-state index in [1.807, 2.05) is 0 Å². The molecule has 0 saturated heterocycles. The van der Waals surface area contributed by atoms with Gasteiger partial charge in [0, 0.05) is 5.56 Å². The Morgan fingerprint density at radius 2 is 1.67 bits per heavy atom. The van der Waals surface area contributed by atoms with Crippen LogP contribution >= 0.6 is 11.3 Å². The molecule has 0 fully saturated rings. The molecule has 3 amide bonds. The summed E-state index contributed by atoms with van der Waals surface area (Å²) >= 11 is 1.19. The number of carbonyl (C=O) groups is 3.